The Labute approximate surface area is 160 Å². The second-order valence-electron chi connectivity index (χ2n) is 7.02. The fourth-order valence-electron chi connectivity index (χ4n) is 3.73. The van der Waals surface area contributed by atoms with Gasteiger partial charge in [0.1, 0.15) is 11.2 Å². The highest BCUT2D eigenvalue weighted by Gasteiger charge is 2.39. The topological polar surface area (TPSA) is 80.6 Å². The van der Waals surface area contributed by atoms with E-state index in [1.807, 2.05) is 29.7 Å². The Bertz CT molecular complexity index is 933. The monoisotopic (exact) mass is 379 g/mol. The van der Waals surface area contributed by atoms with Crippen LogP contribution in [0.25, 0.3) is 5.57 Å². The van der Waals surface area contributed by atoms with E-state index in [1.165, 1.54) is 19.0 Å². The number of piperidine rings is 2. The minimum atomic E-state index is -0.361. The summed E-state index contributed by atoms with van der Waals surface area (Å²) in [6.07, 6.45) is 13.0. The number of nitrogens with zero attached hydrogens (tertiary/aromatic N) is 5. The second-order valence-corrected chi connectivity index (χ2v) is 7.91. The van der Waals surface area contributed by atoms with Gasteiger partial charge in [0, 0.05) is 30.4 Å². The van der Waals surface area contributed by atoms with Gasteiger partial charge in [-0.25, -0.2) is 9.79 Å². The van der Waals surface area contributed by atoms with E-state index in [-0.39, 0.29) is 12.0 Å². The fraction of sp³-hybridized carbons (Fsp3) is 0.316. The van der Waals surface area contributed by atoms with Gasteiger partial charge in [0.15, 0.2) is 5.82 Å². The zero-order valence-corrected chi connectivity index (χ0v) is 15.3. The first-order chi connectivity index (χ1) is 13.2. The molecule has 136 valence electrons. The number of hydrogen-bond acceptors (Lipinski definition) is 7. The third-order valence-electron chi connectivity index (χ3n) is 5.08. The van der Waals surface area contributed by atoms with Gasteiger partial charge in [0.2, 0.25) is 5.88 Å². The van der Waals surface area contributed by atoms with Crippen LogP contribution in [0.1, 0.15) is 18.7 Å². The zero-order valence-electron chi connectivity index (χ0n) is 14.5. The molecule has 1 aliphatic carbocycles. The molecule has 0 aromatic carbocycles. The highest BCUT2D eigenvalue weighted by atomic mass is 32.2. The lowest BCUT2D eigenvalue weighted by Gasteiger charge is -2.46. The van der Waals surface area contributed by atoms with Gasteiger partial charge in [-0.1, -0.05) is 30.0 Å². The van der Waals surface area contributed by atoms with Crippen LogP contribution in [0.4, 0.5) is 4.79 Å². The molecule has 0 spiro atoms. The van der Waals surface area contributed by atoms with E-state index in [4.69, 9.17) is 4.74 Å². The van der Waals surface area contributed by atoms with Crippen molar-refractivity contribution in [2.24, 2.45) is 16.8 Å². The first-order valence-corrected chi connectivity index (χ1v) is 9.79. The maximum atomic E-state index is 12.4. The number of ether oxygens (including phenoxy) is 1. The average Bonchev–Trinajstić information content (AvgIpc) is 2.90. The summed E-state index contributed by atoms with van der Waals surface area (Å²) in [6.45, 7) is 1.54. The van der Waals surface area contributed by atoms with Crippen LogP contribution in [-0.2, 0) is 0 Å². The van der Waals surface area contributed by atoms with Gasteiger partial charge in [-0.3, -0.25) is 0 Å². The molecule has 27 heavy (non-hydrogen) atoms. The first kappa shape index (κ1) is 16.4. The van der Waals surface area contributed by atoms with E-state index < -0.39 is 0 Å². The SMILES string of the molecule is O=C(Oc1cnnc(C2=CN=C3SC=CC=C3C=C2)n1)N1CC2CC(C2)C1. The lowest BCUT2D eigenvalue weighted by atomic mass is 9.71. The standard InChI is InChI=1S/C19H17N5O2S/c25-19(24-10-12-6-13(7-12)11-24)26-16-9-21-23-17(22-16)15-4-3-14-2-1-5-27-18(14)20-8-15/h1-5,8-9,12-13H,6-7,10-11H2. The molecule has 2 saturated heterocycles. The molecule has 1 saturated carbocycles. The summed E-state index contributed by atoms with van der Waals surface area (Å²) in [7, 11) is 0. The molecule has 6 rings (SSSR count). The van der Waals surface area contributed by atoms with Crippen molar-refractivity contribution in [3.05, 3.63) is 53.5 Å². The lowest BCUT2D eigenvalue weighted by Crippen LogP contribution is -2.51. The number of aromatic nitrogens is 3. The quantitative estimate of drug-likeness (QED) is 0.785. The summed E-state index contributed by atoms with van der Waals surface area (Å²) in [5.41, 5.74) is 1.75. The van der Waals surface area contributed by atoms with Gasteiger partial charge in [-0.15, -0.1) is 5.10 Å². The molecule has 4 aliphatic heterocycles. The van der Waals surface area contributed by atoms with Gasteiger partial charge in [0.25, 0.3) is 0 Å². The van der Waals surface area contributed by atoms with Crippen LogP contribution in [0.2, 0.25) is 0 Å². The summed E-state index contributed by atoms with van der Waals surface area (Å²) in [5, 5.41) is 10.9. The minimum absolute atomic E-state index is 0.156. The van der Waals surface area contributed by atoms with Crippen LogP contribution in [0.15, 0.2) is 52.7 Å². The summed E-state index contributed by atoms with van der Waals surface area (Å²) in [4.78, 5) is 23.0. The highest BCUT2D eigenvalue weighted by Crippen LogP contribution is 2.39. The molecular formula is C19H17N5O2S. The second kappa shape index (κ2) is 6.77. The number of aliphatic imine (C=N–C) groups is 1. The lowest BCUT2D eigenvalue weighted by molar-refractivity contribution is 0.0336. The van der Waals surface area contributed by atoms with Gasteiger partial charge in [-0.2, -0.15) is 10.1 Å². The van der Waals surface area contributed by atoms with Crippen molar-refractivity contribution in [2.45, 2.75) is 12.8 Å². The Balaban J connectivity index is 1.33. The molecule has 2 bridgehead atoms. The number of thioether (sulfide) groups is 1. The van der Waals surface area contributed by atoms with E-state index in [1.54, 1.807) is 22.9 Å². The van der Waals surface area contributed by atoms with Gasteiger partial charge >= 0.3 is 6.09 Å². The van der Waals surface area contributed by atoms with Crippen LogP contribution < -0.4 is 4.74 Å². The molecule has 0 atom stereocenters. The predicted molar refractivity (Wildman–Crippen MR) is 103 cm³/mol. The van der Waals surface area contributed by atoms with Crippen LogP contribution >= 0.6 is 11.8 Å². The minimum Gasteiger partial charge on any atom is -0.389 e. The third-order valence-corrected chi connectivity index (χ3v) is 5.94. The van der Waals surface area contributed by atoms with Crippen molar-refractivity contribution in [3.63, 3.8) is 0 Å². The summed E-state index contributed by atoms with van der Waals surface area (Å²) < 4.78 is 5.44. The molecular weight excluding hydrogens is 362 g/mol. The molecule has 8 heteroatoms. The molecule has 7 nitrogen and oxygen atoms in total. The first-order valence-electron chi connectivity index (χ1n) is 8.91. The van der Waals surface area contributed by atoms with Crippen molar-refractivity contribution in [1.29, 1.82) is 0 Å². The number of hydrogen-bond donors (Lipinski definition) is 0. The maximum absolute atomic E-state index is 12.4. The highest BCUT2D eigenvalue weighted by molar-refractivity contribution is 8.17. The zero-order chi connectivity index (χ0) is 18.2. The van der Waals surface area contributed by atoms with E-state index in [0.29, 0.717) is 23.2 Å². The number of carbonyl (C=O) groups is 1. The molecule has 3 fully saturated rings. The Morgan fingerprint density at radius 3 is 2.85 bits per heavy atom. The molecule has 1 aromatic rings. The number of amides is 1. The molecule has 1 aromatic heterocycles. The molecule has 0 radical (unpaired) electrons. The van der Waals surface area contributed by atoms with Crippen molar-refractivity contribution in [2.75, 3.05) is 13.1 Å². The maximum Gasteiger partial charge on any atom is 0.416 e. The van der Waals surface area contributed by atoms with Crippen LogP contribution in [-0.4, -0.2) is 44.3 Å². The third kappa shape index (κ3) is 3.32. The average molecular weight is 379 g/mol. The van der Waals surface area contributed by atoms with Gasteiger partial charge in [-0.05, 0) is 36.2 Å². The van der Waals surface area contributed by atoms with Gasteiger partial charge in [0.05, 0.1) is 0 Å². The Morgan fingerprint density at radius 1 is 1.19 bits per heavy atom. The Morgan fingerprint density at radius 2 is 2.00 bits per heavy atom. The Kier molecular flexibility index (Phi) is 4.12. The Hall–Kier alpha value is -2.74. The molecule has 0 unspecified atom stereocenters. The largest absolute Gasteiger partial charge is 0.416 e. The van der Waals surface area contributed by atoms with Crippen molar-refractivity contribution >= 4 is 28.5 Å². The molecule has 0 N–H and O–H groups in total. The van der Waals surface area contributed by atoms with Crippen LogP contribution in [0, 0.1) is 11.8 Å². The van der Waals surface area contributed by atoms with Crippen molar-refractivity contribution in [1.82, 2.24) is 20.1 Å². The van der Waals surface area contributed by atoms with E-state index in [2.05, 4.69) is 20.2 Å². The number of fused-ring (bicyclic) bond motifs is 3. The van der Waals surface area contributed by atoms with Crippen LogP contribution in [0.3, 0.4) is 0 Å². The van der Waals surface area contributed by atoms with Crippen LogP contribution in [0.5, 0.6) is 5.88 Å². The summed E-state index contributed by atoms with van der Waals surface area (Å²) >= 11 is 1.56. The van der Waals surface area contributed by atoms with Crippen molar-refractivity contribution < 1.29 is 9.53 Å². The molecule has 5 heterocycles. The van der Waals surface area contributed by atoms with Gasteiger partial charge < -0.3 is 9.64 Å². The molecule has 5 aliphatic rings. The van der Waals surface area contributed by atoms with E-state index in [9.17, 15) is 4.79 Å². The number of allylic oxidation sites excluding steroid dienone is 5. The number of rotatable bonds is 2. The molecule has 1 amide bonds. The smallest absolute Gasteiger partial charge is 0.389 e. The normalized spacial score (nSPS) is 25.5. The predicted octanol–water partition coefficient (Wildman–Crippen LogP) is 3.21. The van der Waals surface area contributed by atoms with E-state index >= 15 is 0 Å². The summed E-state index contributed by atoms with van der Waals surface area (Å²) in [5.74, 6) is 1.78. The fourth-order valence-corrected chi connectivity index (χ4v) is 4.41. The van der Waals surface area contributed by atoms with Crippen molar-refractivity contribution in [3.8, 4) is 5.88 Å². The summed E-state index contributed by atoms with van der Waals surface area (Å²) in [6, 6.07) is 0. The van der Waals surface area contributed by atoms with E-state index in [0.717, 1.165) is 23.7 Å². The number of carbonyl (C=O) groups excluding carboxylic acids is 1.